The molecule has 1 unspecified atom stereocenters. The summed E-state index contributed by atoms with van der Waals surface area (Å²) < 4.78 is 41.3. The first-order valence-electron chi connectivity index (χ1n) is 8.83. The molecule has 0 saturated carbocycles. The van der Waals surface area contributed by atoms with Crippen LogP contribution in [0.4, 0.5) is 0 Å². The molecule has 6 heteroatoms. The molecule has 0 bridgehead atoms. The number of hydrogen-bond acceptors (Lipinski definition) is 4. The SMILES string of the molecule is [O-][Cl+3]([O-])([O-])O[Se]1=C(c2ccccc2)C=C(c2ccccc2)C=C1c1ccccc1. The summed E-state index contributed by atoms with van der Waals surface area (Å²) in [5.74, 6) is 0. The first kappa shape index (κ1) is 20.0. The van der Waals surface area contributed by atoms with E-state index in [1.807, 2.05) is 103 Å². The number of benzene rings is 3. The van der Waals surface area contributed by atoms with Crippen LogP contribution in [0.1, 0.15) is 16.7 Å². The Kier molecular flexibility index (Phi) is 5.90. The third-order valence-corrected chi connectivity index (χ3v) is 9.54. The molecular weight excluding hydrogens is 455 g/mol. The Bertz CT molecular complexity index is 1080. The second kappa shape index (κ2) is 8.57. The maximum atomic E-state index is 11.6. The van der Waals surface area contributed by atoms with Gasteiger partial charge in [-0.05, 0) is 0 Å². The fourth-order valence-electron chi connectivity index (χ4n) is 3.08. The predicted octanol–water partition coefficient (Wildman–Crippen LogP) is 1.41. The molecule has 29 heavy (non-hydrogen) atoms. The Morgan fingerprint density at radius 2 is 1.07 bits per heavy atom. The van der Waals surface area contributed by atoms with E-state index in [0.717, 1.165) is 31.2 Å². The summed E-state index contributed by atoms with van der Waals surface area (Å²) in [5, 5.41) is 0. The van der Waals surface area contributed by atoms with E-state index >= 15 is 0 Å². The first-order chi connectivity index (χ1) is 14.0. The minimum absolute atomic E-state index is 0.734. The zero-order valence-electron chi connectivity index (χ0n) is 15.2. The summed E-state index contributed by atoms with van der Waals surface area (Å²) in [5.41, 5.74) is 3.62. The summed E-state index contributed by atoms with van der Waals surface area (Å²) in [4.78, 5) is 0. The Balaban J connectivity index is 1.98. The summed E-state index contributed by atoms with van der Waals surface area (Å²) in [6.45, 7) is 0. The monoisotopic (exact) mass is 472 g/mol. The van der Waals surface area contributed by atoms with Crippen molar-refractivity contribution in [3.63, 3.8) is 0 Å². The van der Waals surface area contributed by atoms with Crippen molar-refractivity contribution in [1.29, 1.82) is 0 Å². The number of rotatable bonds is 5. The minimum atomic E-state index is -4.57. The van der Waals surface area contributed by atoms with E-state index in [9.17, 15) is 14.0 Å². The van der Waals surface area contributed by atoms with Crippen LogP contribution in [0.15, 0.2) is 103 Å². The van der Waals surface area contributed by atoms with Crippen molar-refractivity contribution in [2.45, 2.75) is 0 Å². The van der Waals surface area contributed by atoms with Crippen LogP contribution in [0.5, 0.6) is 0 Å². The average Bonchev–Trinajstić information content (AvgIpc) is 2.74. The first-order valence-corrected chi connectivity index (χ1v) is 12.5. The van der Waals surface area contributed by atoms with Gasteiger partial charge < -0.3 is 0 Å². The second-order valence-corrected chi connectivity index (χ2v) is 10.9. The van der Waals surface area contributed by atoms with Crippen molar-refractivity contribution in [3.05, 3.63) is 120 Å². The molecule has 1 aliphatic heterocycles. The molecule has 0 aromatic heterocycles. The summed E-state index contributed by atoms with van der Waals surface area (Å²) in [6.07, 6.45) is 3.87. The van der Waals surface area contributed by atoms with E-state index in [2.05, 4.69) is 0 Å². The summed E-state index contributed by atoms with van der Waals surface area (Å²) in [6, 6.07) is 28.7. The van der Waals surface area contributed by atoms with Crippen LogP contribution in [-0.2, 0) is 3.37 Å². The van der Waals surface area contributed by atoms with Gasteiger partial charge in [0.05, 0.1) is 0 Å². The fraction of sp³-hybridized carbons (Fsp3) is 0. The molecular formula is C23H17ClO4Se. The van der Waals surface area contributed by atoms with E-state index in [0.29, 0.717) is 0 Å². The van der Waals surface area contributed by atoms with Gasteiger partial charge in [-0.1, -0.05) is 0 Å². The normalized spacial score (nSPS) is 16.9. The molecule has 0 N–H and O–H groups in total. The van der Waals surface area contributed by atoms with Crippen LogP contribution >= 0.6 is 0 Å². The maximum absolute atomic E-state index is 11.6. The molecule has 1 heterocycles. The van der Waals surface area contributed by atoms with Crippen molar-refractivity contribution in [2.24, 2.45) is 0 Å². The van der Waals surface area contributed by atoms with Gasteiger partial charge in [0.25, 0.3) is 0 Å². The molecule has 1 atom stereocenters. The second-order valence-electron chi connectivity index (χ2n) is 6.28. The van der Waals surface area contributed by atoms with E-state index < -0.39 is 24.0 Å². The van der Waals surface area contributed by atoms with E-state index in [-0.39, 0.29) is 0 Å². The van der Waals surface area contributed by atoms with Gasteiger partial charge in [-0.3, -0.25) is 0 Å². The fourth-order valence-corrected chi connectivity index (χ4v) is 8.14. The van der Waals surface area contributed by atoms with Gasteiger partial charge in [0.15, 0.2) is 0 Å². The summed E-state index contributed by atoms with van der Waals surface area (Å²) in [7, 11) is -4.57. The van der Waals surface area contributed by atoms with E-state index in [4.69, 9.17) is 3.37 Å². The number of hydrogen-bond donors (Lipinski definition) is 0. The molecule has 0 saturated heterocycles. The zero-order chi connectivity index (χ0) is 20.3. The standard InChI is InChI=1S/C23H17ClO4Se/c25-24(26,27)28-29-22(19-12-6-2-7-13-19)16-21(18-10-4-1-5-11-18)17-23(29)20-14-8-3-9-15-20/h1-17H. The molecule has 0 aliphatic carbocycles. The molecule has 3 aromatic carbocycles. The Morgan fingerprint density at radius 1 is 0.586 bits per heavy atom. The van der Waals surface area contributed by atoms with E-state index in [1.54, 1.807) is 0 Å². The van der Waals surface area contributed by atoms with Crippen LogP contribution in [0, 0.1) is 10.2 Å². The van der Waals surface area contributed by atoms with Gasteiger partial charge in [-0.15, -0.1) is 0 Å². The quantitative estimate of drug-likeness (QED) is 0.527. The van der Waals surface area contributed by atoms with E-state index in [1.165, 1.54) is 0 Å². The van der Waals surface area contributed by atoms with Gasteiger partial charge in [-0.2, -0.15) is 0 Å². The van der Waals surface area contributed by atoms with Crippen molar-refractivity contribution in [3.8, 4) is 0 Å². The van der Waals surface area contributed by atoms with Crippen molar-refractivity contribution >= 4 is 28.3 Å². The van der Waals surface area contributed by atoms with Crippen LogP contribution in [0.2, 0.25) is 0 Å². The van der Waals surface area contributed by atoms with Crippen LogP contribution in [0.25, 0.3) is 10.0 Å². The van der Waals surface area contributed by atoms with Crippen molar-refractivity contribution < 1.29 is 27.6 Å². The zero-order valence-corrected chi connectivity index (χ0v) is 17.7. The molecule has 0 spiro atoms. The molecule has 0 amide bonds. The number of allylic oxidation sites excluding steroid dienone is 3. The van der Waals surface area contributed by atoms with Crippen molar-refractivity contribution in [1.82, 2.24) is 0 Å². The van der Waals surface area contributed by atoms with Crippen molar-refractivity contribution in [2.75, 3.05) is 0 Å². The molecule has 3 aromatic rings. The molecule has 146 valence electrons. The average molecular weight is 472 g/mol. The molecule has 1 aliphatic rings. The molecule has 0 radical (unpaired) electrons. The summed E-state index contributed by atoms with van der Waals surface area (Å²) >= 11 is -2.63. The molecule has 0 fully saturated rings. The molecule has 4 rings (SSSR count). The third-order valence-electron chi connectivity index (χ3n) is 4.34. The van der Waals surface area contributed by atoms with Gasteiger partial charge in [-0.25, -0.2) is 0 Å². The van der Waals surface area contributed by atoms with Crippen LogP contribution in [-0.4, -0.2) is 18.2 Å². The Labute approximate surface area is 175 Å². The topological polar surface area (TPSA) is 78.4 Å². The van der Waals surface area contributed by atoms with Gasteiger partial charge in [0.1, 0.15) is 0 Å². The number of halogens is 1. The third kappa shape index (κ3) is 4.81. The van der Waals surface area contributed by atoms with Crippen LogP contribution in [0.3, 0.4) is 0 Å². The van der Waals surface area contributed by atoms with Gasteiger partial charge in [0.2, 0.25) is 0 Å². The Hall–Kier alpha value is -2.34. The van der Waals surface area contributed by atoms with Crippen LogP contribution < -0.4 is 14.0 Å². The molecule has 4 nitrogen and oxygen atoms in total. The Morgan fingerprint density at radius 3 is 1.59 bits per heavy atom. The predicted molar refractivity (Wildman–Crippen MR) is 106 cm³/mol. The van der Waals surface area contributed by atoms with Gasteiger partial charge in [0, 0.05) is 0 Å². The van der Waals surface area contributed by atoms with Gasteiger partial charge >= 0.3 is 176 Å².